The van der Waals surface area contributed by atoms with Crippen LogP contribution in [0.1, 0.15) is 32.1 Å². The molecule has 0 spiro atoms. The van der Waals surface area contributed by atoms with Crippen LogP contribution in [0, 0.1) is 5.92 Å². The zero-order valence-electron chi connectivity index (χ0n) is 8.62. The number of nitrogens with zero attached hydrogens (tertiary/aromatic N) is 1. The molecular weight excluding hydrogens is 162 g/mol. The van der Waals surface area contributed by atoms with E-state index in [-0.39, 0.29) is 5.91 Å². The molecule has 1 aliphatic carbocycles. The van der Waals surface area contributed by atoms with E-state index in [1.807, 2.05) is 0 Å². The summed E-state index contributed by atoms with van der Waals surface area (Å²) in [6.45, 7) is 0. The Balaban J connectivity index is 2.33. The molecule has 0 heterocycles. The van der Waals surface area contributed by atoms with Crippen molar-refractivity contribution >= 4 is 5.91 Å². The number of allylic oxidation sites excluding steroid dienone is 1. The van der Waals surface area contributed by atoms with Gasteiger partial charge in [0.1, 0.15) is 0 Å². The fraction of sp³-hybridized carbons (Fsp3) is 0.727. The average Bonchev–Trinajstić information content (AvgIpc) is 2.15. The molecule has 13 heavy (non-hydrogen) atoms. The standard InChI is InChI=1S/C11H19NO/c1-12(2)11(13)9-8-10-6-4-3-5-7-10/h8-10H,3-7H2,1-2H3. The van der Waals surface area contributed by atoms with Crippen molar-refractivity contribution in [1.29, 1.82) is 0 Å². The smallest absolute Gasteiger partial charge is 0.245 e. The highest BCUT2D eigenvalue weighted by Gasteiger charge is 2.10. The maximum Gasteiger partial charge on any atom is 0.245 e. The van der Waals surface area contributed by atoms with E-state index in [0.717, 1.165) is 0 Å². The van der Waals surface area contributed by atoms with Crippen LogP contribution in [0.5, 0.6) is 0 Å². The van der Waals surface area contributed by atoms with Crippen LogP contribution in [0.15, 0.2) is 12.2 Å². The highest BCUT2D eigenvalue weighted by Crippen LogP contribution is 2.24. The number of rotatable bonds is 2. The highest BCUT2D eigenvalue weighted by molar-refractivity contribution is 5.87. The summed E-state index contributed by atoms with van der Waals surface area (Å²) in [5, 5.41) is 0. The molecule has 2 heteroatoms. The van der Waals surface area contributed by atoms with E-state index in [4.69, 9.17) is 0 Å². The number of carbonyl (C=O) groups is 1. The van der Waals surface area contributed by atoms with E-state index in [0.29, 0.717) is 5.92 Å². The van der Waals surface area contributed by atoms with Gasteiger partial charge in [0.05, 0.1) is 0 Å². The van der Waals surface area contributed by atoms with Crippen LogP contribution in [0.2, 0.25) is 0 Å². The minimum absolute atomic E-state index is 0.102. The predicted molar refractivity (Wildman–Crippen MR) is 54.4 cm³/mol. The Morgan fingerprint density at radius 2 is 1.85 bits per heavy atom. The molecule has 1 aliphatic rings. The third-order valence-electron chi connectivity index (χ3n) is 2.60. The summed E-state index contributed by atoms with van der Waals surface area (Å²) in [7, 11) is 3.57. The van der Waals surface area contributed by atoms with Crippen LogP contribution in [0.3, 0.4) is 0 Å². The van der Waals surface area contributed by atoms with Gasteiger partial charge in [0.25, 0.3) is 0 Å². The molecule has 0 aliphatic heterocycles. The van der Waals surface area contributed by atoms with Crippen molar-refractivity contribution in [3.63, 3.8) is 0 Å². The molecule has 0 aromatic carbocycles. The third kappa shape index (κ3) is 3.62. The van der Waals surface area contributed by atoms with Gasteiger partial charge < -0.3 is 4.90 Å². The van der Waals surface area contributed by atoms with Gasteiger partial charge in [0.2, 0.25) is 5.91 Å². The van der Waals surface area contributed by atoms with E-state index in [2.05, 4.69) is 6.08 Å². The number of amides is 1. The van der Waals surface area contributed by atoms with Crippen LogP contribution >= 0.6 is 0 Å². The monoisotopic (exact) mass is 181 g/mol. The second-order valence-corrected chi connectivity index (χ2v) is 3.99. The molecule has 1 fully saturated rings. The third-order valence-corrected chi connectivity index (χ3v) is 2.60. The van der Waals surface area contributed by atoms with E-state index in [1.54, 1.807) is 25.1 Å². The summed E-state index contributed by atoms with van der Waals surface area (Å²) in [5.41, 5.74) is 0. The summed E-state index contributed by atoms with van der Waals surface area (Å²) < 4.78 is 0. The minimum Gasteiger partial charge on any atom is -0.345 e. The lowest BCUT2D eigenvalue weighted by atomic mass is 9.89. The van der Waals surface area contributed by atoms with Gasteiger partial charge in [0, 0.05) is 14.1 Å². The van der Waals surface area contributed by atoms with E-state index >= 15 is 0 Å². The molecular formula is C11H19NO. The molecule has 0 bridgehead atoms. The second kappa shape index (κ2) is 5.05. The van der Waals surface area contributed by atoms with Crippen LogP contribution in [0.25, 0.3) is 0 Å². The summed E-state index contributed by atoms with van der Waals surface area (Å²) in [6.07, 6.45) is 10.3. The van der Waals surface area contributed by atoms with Crippen LogP contribution in [-0.2, 0) is 4.79 Å². The largest absolute Gasteiger partial charge is 0.345 e. The Kier molecular flexibility index (Phi) is 4.00. The fourth-order valence-electron chi connectivity index (χ4n) is 1.69. The lowest BCUT2D eigenvalue weighted by Gasteiger charge is -2.17. The molecule has 0 aromatic rings. The van der Waals surface area contributed by atoms with Gasteiger partial charge >= 0.3 is 0 Å². The molecule has 0 saturated heterocycles. The number of carbonyl (C=O) groups excluding carboxylic acids is 1. The fourth-order valence-corrected chi connectivity index (χ4v) is 1.69. The van der Waals surface area contributed by atoms with Gasteiger partial charge in [-0.2, -0.15) is 0 Å². The lowest BCUT2D eigenvalue weighted by Crippen LogP contribution is -2.19. The molecule has 0 aromatic heterocycles. The molecule has 74 valence electrons. The van der Waals surface area contributed by atoms with Crippen LogP contribution in [0.4, 0.5) is 0 Å². The van der Waals surface area contributed by atoms with Crippen molar-refractivity contribution in [1.82, 2.24) is 4.90 Å². The maximum atomic E-state index is 11.2. The molecule has 1 rings (SSSR count). The van der Waals surface area contributed by atoms with Crippen LogP contribution < -0.4 is 0 Å². The first-order valence-corrected chi connectivity index (χ1v) is 5.09. The van der Waals surface area contributed by atoms with Crippen LogP contribution in [-0.4, -0.2) is 24.9 Å². The Bertz CT molecular complexity index is 190. The van der Waals surface area contributed by atoms with Gasteiger partial charge in [-0.15, -0.1) is 0 Å². The van der Waals surface area contributed by atoms with Crippen molar-refractivity contribution in [2.45, 2.75) is 32.1 Å². The SMILES string of the molecule is CN(C)C(=O)C=CC1CCCCC1. The van der Waals surface area contributed by atoms with E-state index in [1.165, 1.54) is 32.1 Å². The Morgan fingerprint density at radius 1 is 1.23 bits per heavy atom. The molecule has 0 radical (unpaired) electrons. The van der Waals surface area contributed by atoms with E-state index < -0.39 is 0 Å². The Hall–Kier alpha value is -0.790. The zero-order chi connectivity index (χ0) is 9.68. The normalized spacial score (nSPS) is 19.2. The average molecular weight is 181 g/mol. The maximum absolute atomic E-state index is 11.2. The topological polar surface area (TPSA) is 20.3 Å². The van der Waals surface area contributed by atoms with Crippen molar-refractivity contribution < 1.29 is 4.79 Å². The Labute approximate surface area is 80.6 Å². The quantitative estimate of drug-likeness (QED) is 0.598. The van der Waals surface area contributed by atoms with Crippen molar-refractivity contribution in [2.24, 2.45) is 5.92 Å². The molecule has 0 unspecified atom stereocenters. The first kappa shape index (κ1) is 10.3. The van der Waals surface area contributed by atoms with Gasteiger partial charge in [0.15, 0.2) is 0 Å². The summed E-state index contributed by atoms with van der Waals surface area (Å²) in [4.78, 5) is 12.8. The molecule has 1 saturated carbocycles. The van der Waals surface area contributed by atoms with Gasteiger partial charge in [-0.05, 0) is 24.8 Å². The number of likely N-dealkylation sites (N-methyl/N-ethyl adjacent to an activating group) is 1. The lowest BCUT2D eigenvalue weighted by molar-refractivity contribution is -0.123. The molecule has 1 amide bonds. The zero-order valence-corrected chi connectivity index (χ0v) is 8.62. The number of hydrogen-bond acceptors (Lipinski definition) is 1. The Morgan fingerprint density at radius 3 is 2.38 bits per heavy atom. The van der Waals surface area contributed by atoms with Gasteiger partial charge in [-0.3, -0.25) is 4.79 Å². The van der Waals surface area contributed by atoms with Crippen molar-refractivity contribution in [3.05, 3.63) is 12.2 Å². The molecule has 0 atom stereocenters. The molecule has 0 N–H and O–H groups in total. The highest BCUT2D eigenvalue weighted by atomic mass is 16.2. The van der Waals surface area contributed by atoms with Gasteiger partial charge in [-0.1, -0.05) is 25.3 Å². The summed E-state index contributed by atoms with van der Waals surface area (Å²) in [6, 6.07) is 0. The number of hydrogen-bond donors (Lipinski definition) is 0. The second-order valence-electron chi connectivity index (χ2n) is 3.99. The minimum atomic E-state index is 0.102. The first-order valence-electron chi connectivity index (χ1n) is 5.09. The van der Waals surface area contributed by atoms with Crippen molar-refractivity contribution in [2.75, 3.05) is 14.1 Å². The first-order chi connectivity index (χ1) is 6.20. The molecule has 2 nitrogen and oxygen atoms in total. The predicted octanol–water partition coefficient (Wildman–Crippen LogP) is 2.21. The van der Waals surface area contributed by atoms with Crippen molar-refractivity contribution in [3.8, 4) is 0 Å². The summed E-state index contributed by atoms with van der Waals surface area (Å²) >= 11 is 0. The summed E-state index contributed by atoms with van der Waals surface area (Å²) in [5.74, 6) is 0.753. The van der Waals surface area contributed by atoms with E-state index in [9.17, 15) is 4.79 Å². The van der Waals surface area contributed by atoms with Gasteiger partial charge in [-0.25, -0.2) is 0 Å².